The van der Waals surface area contributed by atoms with Crippen LogP contribution in [0.4, 0.5) is 0 Å². The van der Waals surface area contributed by atoms with Gasteiger partial charge in [0.05, 0.1) is 6.04 Å². The third-order valence-electron chi connectivity index (χ3n) is 2.92. The molecule has 0 saturated carbocycles. The molecule has 1 unspecified atom stereocenters. The zero-order valence-electron chi connectivity index (χ0n) is 10.1. The van der Waals surface area contributed by atoms with Gasteiger partial charge in [0, 0.05) is 20.0 Å². The molecule has 1 atom stereocenters. The number of rotatable bonds is 4. The molecular weight excluding hydrogens is 218 g/mol. The molecule has 2 heterocycles. The van der Waals surface area contributed by atoms with Gasteiger partial charge in [0.1, 0.15) is 6.33 Å². The highest BCUT2D eigenvalue weighted by atomic mass is 16.2. The summed E-state index contributed by atoms with van der Waals surface area (Å²) in [6.07, 6.45) is 5.58. The quantitative estimate of drug-likeness (QED) is 0.748. The highest BCUT2D eigenvalue weighted by molar-refractivity contribution is 5.81. The normalized spacial score (nSPS) is 20.2. The van der Waals surface area contributed by atoms with Crippen LogP contribution in [0.25, 0.3) is 0 Å². The molecule has 0 bridgehead atoms. The van der Waals surface area contributed by atoms with Crippen molar-refractivity contribution < 1.29 is 4.79 Å². The van der Waals surface area contributed by atoms with E-state index >= 15 is 0 Å². The Morgan fingerprint density at radius 2 is 2.53 bits per heavy atom. The van der Waals surface area contributed by atoms with Gasteiger partial charge in [-0.25, -0.2) is 4.98 Å². The minimum Gasteiger partial charge on any atom is -0.354 e. The van der Waals surface area contributed by atoms with Crippen LogP contribution in [0.2, 0.25) is 0 Å². The Kier molecular flexibility index (Phi) is 4.08. The number of piperidine rings is 1. The molecule has 1 aromatic rings. The van der Waals surface area contributed by atoms with E-state index in [1.807, 2.05) is 7.05 Å². The number of nitrogens with zero attached hydrogens (tertiary/aromatic N) is 3. The predicted molar refractivity (Wildman–Crippen MR) is 63.4 cm³/mol. The summed E-state index contributed by atoms with van der Waals surface area (Å²) in [7, 11) is 1.83. The van der Waals surface area contributed by atoms with E-state index in [1.54, 1.807) is 11.0 Å². The van der Waals surface area contributed by atoms with Crippen LogP contribution in [0.5, 0.6) is 0 Å². The van der Waals surface area contributed by atoms with Crippen LogP contribution in [0.3, 0.4) is 0 Å². The average molecular weight is 237 g/mol. The first-order chi connectivity index (χ1) is 8.25. The molecule has 6 heteroatoms. The van der Waals surface area contributed by atoms with E-state index in [1.165, 1.54) is 6.42 Å². The van der Waals surface area contributed by atoms with E-state index < -0.39 is 0 Å². The SMILES string of the molecule is Cn1cnc(CCNC(=O)C2CCCCN2)n1. The Labute approximate surface area is 101 Å². The summed E-state index contributed by atoms with van der Waals surface area (Å²) in [5.74, 6) is 0.866. The van der Waals surface area contributed by atoms with Gasteiger partial charge in [-0.05, 0) is 19.4 Å². The fraction of sp³-hybridized carbons (Fsp3) is 0.727. The average Bonchev–Trinajstić information content (AvgIpc) is 2.76. The third kappa shape index (κ3) is 3.52. The molecule has 0 radical (unpaired) electrons. The van der Waals surface area contributed by atoms with Gasteiger partial charge in [0.25, 0.3) is 0 Å². The fourth-order valence-corrected chi connectivity index (χ4v) is 1.99. The van der Waals surface area contributed by atoms with Crippen molar-refractivity contribution in [3.05, 3.63) is 12.2 Å². The van der Waals surface area contributed by atoms with Crippen LogP contribution in [-0.2, 0) is 18.3 Å². The first kappa shape index (κ1) is 12.0. The van der Waals surface area contributed by atoms with Crippen molar-refractivity contribution in [1.82, 2.24) is 25.4 Å². The number of hydrogen-bond donors (Lipinski definition) is 2. The van der Waals surface area contributed by atoms with Crippen LogP contribution in [0.1, 0.15) is 25.1 Å². The summed E-state index contributed by atoms with van der Waals surface area (Å²) in [6, 6.07) is -0.0135. The Hall–Kier alpha value is -1.43. The maximum Gasteiger partial charge on any atom is 0.237 e. The van der Waals surface area contributed by atoms with Crippen molar-refractivity contribution in [2.75, 3.05) is 13.1 Å². The topological polar surface area (TPSA) is 71.8 Å². The molecule has 1 amide bonds. The van der Waals surface area contributed by atoms with E-state index in [9.17, 15) is 4.79 Å². The number of nitrogens with one attached hydrogen (secondary N) is 2. The molecule has 17 heavy (non-hydrogen) atoms. The monoisotopic (exact) mass is 237 g/mol. The minimum atomic E-state index is -0.0135. The zero-order valence-corrected chi connectivity index (χ0v) is 10.1. The molecule has 2 N–H and O–H groups in total. The van der Waals surface area contributed by atoms with Crippen molar-refractivity contribution in [2.24, 2.45) is 7.05 Å². The second-order valence-corrected chi connectivity index (χ2v) is 4.38. The molecule has 1 saturated heterocycles. The number of aryl methyl sites for hydroxylation is 1. The molecule has 1 aliphatic rings. The second-order valence-electron chi connectivity index (χ2n) is 4.38. The van der Waals surface area contributed by atoms with Gasteiger partial charge in [0.15, 0.2) is 5.82 Å². The summed E-state index contributed by atoms with van der Waals surface area (Å²) >= 11 is 0. The number of amides is 1. The molecule has 1 aromatic heterocycles. The van der Waals surface area contributed by atoms with Crippen molar-refractivity contribution >= 4 is 5.91 Å². The van der Waals surface area contributed by atoms with Crippen molar-refractivity contribution in [2.45, 2.75) is 31.7 Å². The van der Waals surface area contributed by atoms with Gasteiger partial charge in [0.2, 0.25) is 5.91 Å². The van der Waals surface area contributed by atoms with Crippen LogP contribution in [0.15, 0.2) is 6.33 Å². The highest BCUT2D eigenvalue weighted by Crippen LogP contribution is 2.06. The summed E-state index contributed by atoms with van der Waals surface area (Å²) in [5.41, 5.74) is 0. The predicted octanol–water partition coefficient (Wildman–Crippen LogP) is -0.384. The Bertz CT molecular complexity index is 370. The zero-order chi connectivity index (χ0) is 12.1. The van der Waals surface area contributed by atoms with Gasteiger partial charge in [-0.2, -0.15) is 5.10 Å². The molecule has 1 aliphatic heterocycles. The fourth-order valence-electron chi connectivity index (χ4n) is 1.99. The van der Waals surface area contributed by atoms with Crippen LogP contribution < -0.4 is 10.6 Å². The van der Waals surface area contributed by atoms with Gasteiger partial charge >= 0.3 is 0 Å². The molecule has 0 aliphatic carbocycles. The molecule has 1 fully saturated rings. The highest BCUT2D eigenvalue weighted by Gasteiger charge is 2.19. The Morgan fingerprint density at radius 3 is 3.18 bits per heavy atom. The van der Waals surface area contributed by atoms with Crippen LogP contribution in [0, 0.1) is 0 Å². The molecule has 2 rings (SSSR count). The van der Waals surface area contributed by atoms with Crippen molar-refractivity contribution in [3.63, 3.8) is 0 Å². The molecule has 94 valence electrons. The first-order valence-corrected chi connectivity index (χ1v) is 6.11. The van der Waals surface area contributed by atoms with E-state index in [0.717, 1.165) is 25.2 Å². The standard InChI is InChI=1S/C11H19N5O/c1-16-8-14-10(15-16)5-7-13-11(17)9-4-2-3-6-12-9/h8-9,12H,2-7H2,1H3,(H,13,17). The lowest BCUT2D eigenvalue weighted by molar-refractivity contribution is -0.123. The van der Waals surface area contributed by atoms with Crippen molar-refractivity contribution in [1.29, 1.82) is 0 Å². The van der Waals surface area contributed by atoms with Crippen LogP contribution >= 0.6 is 0 Å². The Balaban J connectivity index is 1.69. The summed E-state index contributed by atoms with van der Waals surface area (Å²) in [4.78, 5) is 15.9. The van der Waals surface area contributed by atoms with Gasteiger partial charge in [-0.15, -0.1) is 0 Å². The second kappa shape index (κ2) is 5.77. The third-order valence-corrected chi connectivity index (χ3v) is 2.92. The van der Waals surface area contributed by atoms with E-state index in [4.69, 9.17) is 0 Å². The first-order valence-electron chi connectivity index (χ1n) is 6.11. The van der Waals surface area contributed by atoms with Gasteiger partial charge < -0.3 is 10.6 Å². The largest absolute Gasteiger partial charge is 0.354 e. The minimum absolute atomic E-state index is 0.0135. The Morgan fingerprint density at radius 1 is 1.65 bits per heavy atom. The number of aromatic nitrogens is 3. The molecule has 6 nitrogen and oxygen atoms in total. The molecular formula is C11H19N5O. The van der Waals surface area contributed by atoms with E-state index in [2.05, 4.69) is 20.7 Å². The van der Waals surface area contributed by atoms with Crippen LogP contribution in [-0.4, -0.2) is 39.8 Å². The number of hydrogen-bond acceptors (Lipinski definition) is 4. The lowest BCUT2D eigenvalue weighted by atomic mass is 10.0. The number of carbonyl (C=O) groups is 1. The maximum absolute atomic E-state index is 11.8. The van der Waals surface area contributed by atoms with Gasteiger partial charge in [-0.1, -0.05) is 6.42 Å². The summed E-state index contributed by atoms with van der Waals surface area (Å²) in [5, 5.41) is 10.3. The number of carbonyl (C=O) groups excluding carboxylic acids is 1. The smallest absolute Gasteiger partial charge is 0.237 e. The van der Waals surface area contributed by atoms with Crippen molar-refractivity contribution in [3.8, 4) is 0 Å². The van der Waals surface area contributed by atoms with E-state index in [-0.39, 0.29) is 11.9 Å². The summed E-state index contributed by atoms with van der Waals surface area (Å²) < 4.78 is 1.67. The molecule has 0 aromatic carbocycles. The lowest BCUT2D eigenvalue weighted by Crippen LogP contribution is -2.47. The molecule has 0 spiro atoms. The lowest BCUT2D eigenvalue weighted by Gasteiger charge is -2.22. The van der Waals surface area contributed by atoms with E-state index in [0.29, 0.717) is 13.0 Å². The van der Waals surface area contributed by atoms with Gasteiger partial charge in [-0.3, -0.25) is 9.48 Å². The summed E-state index contributed by atoms with van der Waals surface area (Å²) in [6.45, 7) is 1.54. The maximum atomic E-state index is 11.8.